The first-order valence-electron chi connectivity index (χ1n) is 16.3. The molecule has 0 bridgehead atoms. The van der Waals surface area contributed by atoms with Gasteiger partial charge in [0.15, 0.2) is 0 Å². The molecule has 3 fully saturated rings. The van der Waals surface area contributed by atoms with E-state index in [1.807, 2.05) is 0 Å². The minimum Gasteiger partial charge on any atom is -0.481 e. The summed E-state index contributed by atoms with van der Waals surface area (Å²) < 4.78 is 38.5. The van der Waals surface area contributed by atoms with Crippen LogP contribution < -0.4 is 5.32 Å². The average molecular weight is 686 g/mol. The largest absolute Gasteiger partial charge is 0.481 e. The van der Waals surface area contributed by atoms with E-state index >= 15 is 4.39 Å². The Morgan fingerprint density at radius 2 is 1.75 bits per heavy atom. The van der Waals surface area contributed by atoms with Crippen molar-refractivity contribution < 1.29 is 42.5 Å². The molecule has 48 heavy (non-hydrogen) atoms. The van der Waals surface area contributed by atoms with E-state index in [0.29, 0.717) is 74.9 Å². The number of rotatable bonds is 11. The summed E-state index contributed by atoms with van der Waals surface area (Å²) >= 11 is 6.51. The third kappa shape index (κ3) is 7.37. The number of aliphatic carboxylic acids is 1. The van der Waals surface area contributed by atoms with Gasteiger partial charge in [-0.1, -0.05) is 29.8 Å². The molecule has 2 saturated heterocycles. The van der Waals surface area contributed by atoms with Crippen LogP contribution in [0.25, 0.3) is 11.0 Å². The molecule has 13 heteroatoms. The number of anilines is 1. The van der Waals surface area contributed by atoms with Gasteiger partial charge in [-0.25, -0.2) is 4.39 Å². The van der Waals surface area contributed by atoms with E-state index in [9.17, 15) is 19.5 Å². The van der Waals surface area contributed by atoms with Gasteiger partial charge in [0.25, 0.3) is 5.91 Å². The molecule has 11 nitrogen and oxygen atoms in total. The van der Waals surface area contributed by atoms with Crippen LogP contribution in [-0.4, -0.2) is 104 Å². The van der Waals surface area contributed by atoms with E-state index in [4.69, 9.17) is 30.2 Å². The maximum absolute atomic E-state index is 15.5. The number of furan rings is 1. The van der Waals surface area contributed by atoms with Gasteiger partial charge in [0, 0.05) is 45.3 Å². The van der Waals surface area contributed by atoms with Gasteiger partial charge in [-0.3, -0.25) is 19.3 Å². The number of para-hydroxylation sites is 1. The first-order chi connectivity index (χ1) is 23.1. The van der Waals surface area contributed by atoms with Crippen molar-refractivity contribution in [2.75, 3.05) is 45.8 Å². The lowest BCUT2D eigenvalue weighted by Gasteiger charge is -2.30. The highest BCUT2D eigenvalue weighted by Crippen LogP contribution is 2.32. The second kappa shape index (κ2) is 14.9. The van der Waals surface area contributed by atoms with Crippen molar-refractivity contribution in [3.05, 3.63) is 64.6 Å². The van der Waals surface area contributed by atoms with Crippen molar-refractivity contribution in [1.29, 1.82) is 0 Å². The van der Waals surface area contributed by atoms with Crippen LogP contribution in [0.2, 0.25) is 5.02 Å². The van der Waals surface area contributed by atoms with E-state index < -0.39 is 17.7 Å². The highest BCUT2D eigenvalue weighted by Gasteiger charge is 2.43. The molecule has 3 aliphatic rings. The molecule has 2 aliphatic heterocycles. The van der Waals surface area contributed by atoms with Gasteiger partial charge in [-0.2, -0.15) is 0 Å². The van der Waals surface area contributed by atoms with Crippen molar-refractivity contribution in [3.63, 3.8) is 0 Å². The Balaban J connectivity index is 1.14. The minimum atomic E-state index is -0.771. The molecule has 258 valence electrons. The van der Waals surface area contributed by atoms with Crippen LogP contribution in [0.4, 0.5) is 10.1 Å². The number of nitrogens with zero attached hydrogens (tertiary/aromatic N) is 2. The molecule has 4 atom stereocenters. The number of benzene rings is 2. The van der Waals surface area contributed by atoms with E-state index in [1.165, 1.54) is 12.3 Å². The summed E-state index contributed by atoms with van der Waals surface area (Å²) in [6.45, 7) is 2.07. The molecule has 1 aromatic heterocycles. The Morgan fingerprint density at radius 1 is 1.04 bits per heavy atom. The van der Waals surface area contributed by atoms with Crippen LogP contribution in [0.15, 0.2) is 47.1 Å². The molecule has 2 aromatic carbocycles. The minimum absolute atomic E-state index is 0.0353. The zero-order valence-corrected chi connectivity index (χ0v) is 27.8. The van der Waals surface area contributed by atoms with Crippen LogP contribution in [0.1, 0.15) is 48.0 Å². The fourth-order valence-electron chi connectivity index (χ4n) is 7.29. The molecular formula is C35H41ClFN3O8. The highest BCUT2D eigenvalue weighted by molar-refractivity contribution is 6.34. The topological polar surface area (TPSA) is 131 Å². The van der Waals surface area contributed by atoms with Gasteiger partial charge >= 0.3 is 5.97 Å². The van der Waals surface area contributed by atoms with E-state index in [2.05, 4.69) is 10.2 Å². The predicted molar refractivity (Wildman–Crippen MR) is 176 cm³/mol. The van der Waals surface area contributed by atoms with E-state index in [0.717, 1.165) is 6.07 Å². The quantitative estimate of drug-likeness (QED) is 0.287. The van der Waals surface area contributed by atoms with Crippen molar-refractivity contribution in [2.24, 2.45) is 5.92 Å². The number of hydrogen-bond acceptors (Lipinski definition) is 8. The van der Waals surface area contributed by atoms with Gasteiger partial charge in [0.05, 0.1) is 59.6 Å². The number of carboxylic acid groups (broad SMARTS) is 1. The number of hydrogen-bond donors (Lipinski definition) is 2. The zero-order chi connectivity index (χ0) is 33.9. The summed E-state index contributed by atoms with van der Waals surface area (Å²) in [5, 5.41) is 12.7. The Labute approximate surface area is 283 Å². The summed E-state index contributed by atoms with van der Waals surface area (Å²) in [7, 11) is 3.33. The monoisotopic (exact) mass is 685 g/mol. The molecule has 6 rings (SSSR count). The van der Waals surface area contributed by atoms with Crippen LogP contribution in [-0.2, 0) is 30.2 Å². The van der Waals surface area contributed by atoms with Crippen molar-refractivity contribution in [3.8, 4) is 0 Å². The number of carbonyl (C=O) groups is 3. The molecule has 2 unspecified atom stereocenters. The predicted octanol–water partition coefficient (Wildman–Crippen LogP) is 5.00. The SMILES string of the molecule is COC1CN([C@H]2C[C@@H](COC3CCC(C(=O)O)CC3)N(C(=O)Cc3cc(Cl)c(NC(=O)c4coc5ccccc45)cc3F)C2)CC1OC. The number of fused-ring (bicyclic) bond motifs is 1. The van der Waals surface area contributed by atoms with Gasteiger partial charge in [0.2, 0.25) is 5.91 Å². The molecular weight excluding hydrogens is 645 g/mol. The van der Waals surface area contributed by atoms with Crippen LogP contribution in [0.5, 0.6) is 0 Å². The van der Waals surface area contributed by atoms with Crippen molar-refractivity contribution in [2.45, 2.75) is 68.9 Å². The second-order valence-corrected chi connectivity index (χ2v) is 13.3. The van der Waals surface area contributed by atoms with Gasteiger partial charge in [-0.15, -0.1) is 0 Å². The standard InChI is InChI=1S/C35H41ClFN3O8/c1-45-31-16-39(17-32(31)46-2)22-13-23(18-47-24-9-7-20(8-10-24)35(43)44)40(15-22)33(41)12-21-11-27(36)29(14-28(21)37)38-34(42)26-19-48-30-6-4-3-5-25(26)30/h3-6,11,14,19-20,22-24,31-32H,7-10,12-13,15-18H2,1-2H3,(H,38,42)(H,43,44)/t20?,22-,23-,24?,31?,32?/m0/s1. The molecule has 1 saturated carbocycles. The molecule has 2 N–H and O–H groups in total. The normalized spacial score (nSPS) is 26.3. The third-order valence-corrected chi connectivity index (χ3v) is 10.4. The highest BCUT2D eigenvalue weighted by atomic mass is 35.5. The summed E-state index contributed by atoms with van der Waals surface area (Å²) in [4.78, 5) is 42.3. The number of halogens is 2. The second-order valence-electron chi connectivity index (χ2n) is 12.9. The number of nitrogens with one attached hydrogen (secondary N) is 1. The molecule has 3 heterocycles. The molecule has 3 aromatic rings. The number of likely N-dealkylation sites (tertiary alicyclic amines) is 2. The lowest BCUT2D eigenvalue weighted by Crippen LogP contribution is -2.41. The summed E-state index contributed by atoms with van der Waals surface area (Å²) in [5.41, 5.74) is 1.04. The lowest BCUT2D eigenvalue weighted by atomic mass is 9.87. The first kappa shape index (κ1) is 34.3. The molecule has 0 radical (unpaired) electrons. The smallest absolute Gasteiger partial charge is 0.306 e. The van der Waals surface area contributed by atoms with Gasteiger partial charge < -0.3 is 34.0 Å². The van der Waals surface area contributed by atoms with Crippen LogP contribution in [0.3, 0.4) is 0 Å². The number of methoxy groups -OCH3 is 2. The van der Waals surface area contributed by atoms with E-state index in [-0.39, 0.29) is 64.9 Å². The fourth-order valence-corrected chi connectivity index (χ4v) is 7.53. The zero-order valence-electron chi connectivity index (χ0n) is 27.0. The first-order valence-corrected chi connectivity index (χ1v) is 16.7. The maximum Gasteiger partial charge on any atom is 0.306 e. The molecule has 2 amide bonds. The summed E-state index contributed by atoms with van der Waals surface area (Å²) in [5.74, 6) is -2.54. The number of carboxylic acids is 1. The molecule has 0 spiro atoms. The third-order valence-electron chi connectivity index (χ3n) is 10.1. The summed E-state index contributed by atoms with van der Waals surface area (Å²) in [6, 6.07) is 9.38. The number of amides is 2. The van der Waals surface area contributed by atoms with Crippen molar-refractivity contribution >= 4 is 46.0 Å². The Kier molecular flexibility index (Phi) is 10.7. The van der Waals surface area contributed by atoms with Crippen LogP contribution >= 0.6 is 11.6 Å². The Bertz CT molecular complexity index is 1630. The number of carbonyl (C=O) groups excluding carboxylic acids is 2. The molecule has 1 aliphatic carbocycles. The average Bonchev–Trinajstić information content (AvgIpc) is 3.83. The number of ether oxygens (including phenoxy) is 3. The fraction of sp³-hybridized carbons (Fsp3) is 0.514. The summed E-state index contributed by atoms with van der Waals surface area (Å²) in [6.07, 6.45) is 3.99. The van der Waals surface area contributed by atoms with Crippen molar-refractivity contribution in [1.82, 2.24) is 9.80 Å². The maximum atomic E-state index is 15.5. The van der Waals surface area contributed by atoms with E-state index in [1.54, 1.807) is 43.4 Å². The lowest BCUT2D eigenvalue weighted by molar-refractivity contribution is -0.144. The Hall–Kier alpha value is -3.55. The Morgan fingerprint density at radius 3 is 2.44 bits per heavy atom. The van der Waals surface area contributed by atoms with Gasteiger partial charge in [0.1, 0.15) is 17.7 Å². The van der Waals surface area contributed by atoms with Crippen LogP contribution in [0, 0.1) is 11.7 Å². The van der Waals surface area contributed by atoms with Gasteiger partial charge in [-0.05, 0) is 55.9 Å².